The molecule has 0 bridgehead atoms. The van der Waals surface area contributed by atoms with Gasteiger partial charge in [-0.15, -0.1) is 0 Å². The van der Waals surface area contributed by atoms with Crippen LogP contribution < -0.4 is 0 Å². The molecule has 0 N–H and O–H groups in total. The third-order valence-electron chi connectivity index (χ3n) is 2.19. The van der Waals surface area contributed by atoms with E-state index in [0.29, 0.717) is 6.42 Å². The summed E-state index contributed by atoms with van der Waals surface area (Å²) in [4.78, 5) is 13.1. The van der Waals surface area contributed by atoms with Crippen molar-refractivity contribution in [3.8, 4) is 0 Å². The van der Waals surface area contributed by atoms with Crippen molar-refractivity contribution in [3.63, 3.8) is 0 Å². The smallest absolute Gasteiger partial charge is 0.306 e. The molecule has 4 nitrogen and oxygen atoms in total. The molecule has 13 heavy (non-hydrogen) atoms. The van der Waals surface area contributed by atoms with E-state index in [1.165, 1.54) is 7.11 Å². The number of rotatable bonds is 3. The monoisotopic (exact) mass is 187 g/mol. The zero-order chi connectivity index (χ0) is 9.68. The van der Waals surface area contributed by atoms with Gasteiger partial charge in [0.05, 0.1) is 26.2 Å². The number of morpholine rings is 1. The maximum atomic E-state index is 10.9. The summed E-state index contributed by atoms with van der Waals surface area (Å²) in [6, 6.07) is 0. The third-order valence-corrected chi connectivity index (χ3v) is 2.19. The van der Waals surface area contributed by atoms with Crippen LogP contribution >= 0.6 is 0 Å². The molecule has 0 aromatic rings. The second-order valence-corrected chi connectivity index (χ2v) is 3.31. The number of hydrogen-bond donors (Lipinski definition) is 0. The van der Waals surface area contributed by atoms with Gasteiger partial charge in [-0.1, -0.05) is 0 Å². The van der Waals surface area contributed by atoms with E-state index in [4.69, 9.17) is 4.74 Å². The van der Waals surface area contributed by atoms with Crippen LogP contribution in [0.25, 0.3) is 0 Å². The fourth-order valence-electron chi connectivity index (χ4n) is 1.45. The Labute approximate surface area is 78.8 Å². The van der Waals surface area contributed by atoms with E-state index in [2.05, 4.69) is 9.64 Å². The van der Waals surface area contributed by atoms with E-state index in [9.17, 15) is 4.79 Å². The van der Waals surface area contributed by atoms with Gasteiger partial charge < -0.3 is 9.47 Å². The van der Waals surface area contributed by atoms with Crippen LogP contribution in [0.1, 0.15) is 13.3 Å². The van der Waals surface area contributed by atoms with E-state index in [1.807, 2.05) is 6.92 Å². The fourth-order valence-corrected chi connectivity index (χ4v) is 1.45. The summed E-state index contributed by atoms with van der Waals surface area (Å²) < 4.78 is 9.95. The van der Waals surface area contributed by atoms with Gasteiger partial charge in [0, 0.05) is 19.6 Å². The van der Waals surface area contributed by atoms with Gasteiger partial charge in [-0.05, 0) is 6.92 Å². The van der Waals surface area contributed by atoms with Gasteiger partial charge in [0.25, 0.3) is 0 Å². The first-order chi connectivity index (χ1) is 6.22. The highest BCUT2D eigenvalue weighted by Gasteiger charge is 2.16. The van der Waals surface area contributed by atoms with Crippen LogP contribution in [0.4, 0.5) is 0 Å². The Bertz CT molecular complexity index is 172. The highest BCUT2D eigenvalue weighted by atomic mass is 16.5. The first-order valence-corrected chi connectivity index (χ1v) is 4.63. The molecule has 1 fully saturated rings. The molecule has 1 rings (SSSR count). The number of esters is 1. The van der Waals surface area contributed by atoms with E-state index < -0.39 is 0 Å². The molecule has 0 aromatic carbocycles. The lowest BCUT2D eigenvalue weighted by atomic mass is 10.3. The SMILES string of the molecule is COC(=O)CCN1CCOC(C)C1. The van der Waals surface area contributed by atoms with Crippen LogP contribution in [0.5, 0.6) is 0 Å². The van der Waals surface area contributed by atoms with Crippen LogP contribution in [-0.4, -0.2) is 50.3 Å². The number of nitrogens with zero attached hydrogens (tertiary/aromatic N) is 1. The largest absolute Gasteiger partial charge is 0.469 e. The van der Waals surface area contributed by atoms with Crippen molar-refractivity contribution in [2.24, 2.45) is 0 Å². The lowest BCUT2D eigenvalue weighted by molar-refractivity contribution is -0.141. The molecule has 0 saturated carbocycles. The normalized spacial score (nSPS) is 24.3. The molecule has 0 spiro atoms. The Morgan fingerprint density at radius 1 is 1.69 bits per heavy atom. The number of carbonyl (C=O) groups excluding carboxylic acids is 1. The van der Waals surface area contributed by atoms with E-state index in [-0.39, 0.29) is 12.1 Å². The summed E-state index contributed by atoms with van der Waals surface area (Å²) in [5.74, 6) is -0.140. The van der Waals surface area contributed by atoms with Crippen molar-refractivity contribution in [1.82, 2.24) is 4.90 Å². The molecule has 76 valence electrons. The quantitative estimate of drug-likeness (QED) is 0.594. The van der Waals surface area contributed by atoms with E-state index in [0.717, 1.165) is 26.2 Å². The number of methoxy groups -OCH3 is 1. The molecule has 0 amide bonds. The minimum Gasteiger partial charge on any atom is -0.469 e. The Hall–Kier alpha value is -0.610. The maximum Gasteiger partial charge on any atom is 0.306 e. The Kier molecular flexibility index (Phi) is 4.18. The van der Waals surface area contributed by atoms with Crippen LogP contribution in [0.15, 0.2) is 0 Å². The lowest BCUT2D eigenvalue weighted by Gasteiger charge is -2.30. The van der Waals surface area contributed by atoms with Gasteiger partial charge >= 0.3 is 5.97 Å². The van der Waals surface area contributed by atoms with Crippen molar-refractivity contribution in [2.45, 2.75) is 19.4 Å². The summed E-state index contributed by atoms with van der Waals surface area (Å²) in [6.45, 7) is 5.42. The molecule has 0 aromatic heterocycles. The van der Waals surface area contributed by atoms with Crippen LogP contribution in [-0.2, 0) is 14.3 Å². The van der Waals surface area contributed by atoms with Gasteiger partial charge in [0.15, 0.2) is 0 Å². The predicted molar refractivity (Wildman–Crippen MR) is 48.5 cm³/mol. The Balaban J connectivity index is 2.17. The average Bonchev–Trinajstić information content (AvgIpc) is 2.14. The van der Waals surface area contributed by atoms with Crippen molar-refractivity contribution in [1.29, 1.82) is 0 Å². The second-order valence-electron chi connectivity index (χ2n) is 3.31. The molecule has 1 heterocycles. The molecule has 0 aliphatic carbocycles. The molecule has 1 aliphatic heterocycles. The second kappa shape index (κ2) is 5.19. The molecule has 4 heteroatoms. The summed E-state index contributed by atoms with van der Waals surface area (Å²) in [6.07, 6.45) is 0.759. The molecule has 1 atom stereocenters. The van der Waals surface area contributed by atoms with Gasteiger partial charge in [0.2, 0.25) is 0 Å². The van der Waals surface area contributed by atoms with E-state index >= 15 is 0 Å². The third kappa shape index (κ3) is 3.74. The van der Waals surface area contributed by atoms with Crippen LogP contribution in [0.3, 0.4) is 0 Å². The summed E-state index contributed by atoms with van der Waals surface area (Å²) in [7, 11) is 1.42. The van der Waals surface area contributed by atoms with Gasteiger partial charge in [-0.25, -0.2) is 0 Å². The highest BCUT2D eigenvalue weighted by Crippen LogP contribution is 2.04. The zero-order valence-corrected chi connectivity index (χ0v) is 8.28. The Morgan fingerprint density at radius 3 is 3.08 bits per heavy atom. The Morgan fingerprint density at radius 2 is 2.46 bits per heavy atom. The average molecular weight is 187 g/mol. The van der Waals surface area contributed by atoms with Crippen molar-refractivity contribution in [2.75, 3.05) is 33.4 Å². The van der Waals surface area contributed by atoms with Crippen LogP contribution in [0, 0.1) is 0 Å². The number of carbonyl (C=O) groups is 1. The minimum atomic E-state index is -0.140. The molecule has 1 saturated heterocycles. The van der Waals surface area contributed by atoms with E-state index in [1.54, 1.807) is 0 Å². The standard InChI is InChI=1S/C9H17NO3/c1-8-7-10(5-6-13-8)4-3-9(11)12-2/h8H,3-7H2,1-2H3. The topological polar surface area (TPSA) is 38.8 Å². The fraction of sp³-hybridized carbons (Fsp3) is 0.889. The summed E-state index contributed by atoms with van der Waals surface area (Å²) in [5, 5.41) is 0. The zero-order valence-electron chi connectivity index (χ0n) is 8.28. The molecule has 0 radical (unpaired) electrons. The molecular weight excluding hydrogens is 170 g/mol. The first kappa shape index (κ1) is 10.5. The lowest BCUT2D eigenvalue weighted by Crippen LogP contribution is -2.41. The molecule has 1 aliphatic rings. The van der Waals surface area contributed by atoms with Crippen molar-refractivity contribution in [3.05, 3.63) is 0 Å². The van der Waals surface area contributed by atoms with Gasteiger partial charge in [-0.2, -0.15) is 0 Å². The summed E-state index contributed by atoms with van der Waals surface area (Å²) in [5.41, 5.74) is 0. The van der Waals surface area contributed by atoms with Gasteiger partial charge in [-0.3, -0.25) is 9.69 Å². The highest BCUT2D eigenvalue weighted by molar-refractivity contribution is 5.69. The molecular formula is C9H17NO3. The van der Waals surface area contributed by atoms with Crippen LogP contribution in [0.2, 0.25) is 0 Å². The number of ether oxygens (including phenoxy) is 2. The van der Waals surface area contributed by atoms with Gasteiger partial charge in [0.1, 0.15) is 0 Å². The van der Waals surface area contributed by atoms with Crippen molar-refractivity contribution >= 4 is 5.97 Å². The number of hydrogen-bond acceptors (Lipinski definition) is 4. The maximum absolute atomic E-state index is 10.9. The minimum absolute atomic E-state index is 0.140. The predicted octanol–water partition coefficient (Wildman–Crippen LogP) is 0.270. The summed E-state index contributed by atoms with van der Waals surface area (Å²) >= 11 is 0. The molecule has 1 unspecified atom stereocenters. The van der Waals surface area contributed by atoms with Crippen molar-refractivity contribution < 1.29 is 14.3 Å². The first-order valence-electron chi connectivity index (χ1n) is 4.63.